The summed E-state index contributed by atoms with van der Waals surface area (Å²) in [6, 6.07) is 14.3. The van der Waals surface area contributed by atoms with Crippen molar-refractivity contribution in [3.63, 3.8) is 0 Å². The predicted molar refractivity (Wildman–Crippen MR) is 73.0 cm³/mol. The van der Waals surface area contributed by atoms with Crippen molar-refractivity contribution in [3.8, 4) is 0 Å². The molecule has 5 heteroatoms. The monoisotopic (exact) mass is 277 g/mol. The minimum absolute atomic E-state index is 0.328. The molecule has 0 amide bonds. The van der Waals surface area contributed by atoms with E-state index in [0.717, 1.165) is 5.69 Å². The van der Waals surface area contributed by atoms with Crippen molar-refractivity contribution in [1.82, 2.24) is 4.31 Å². The van der Waals surface area contributed by atoms with Crippen LogP contribution in [0.2, 0.25) is 0 Å². The maximum absolute atomic E-state index is 12.3. The Balaban J connectivity index is 2.06. The zero-order valence-electron chi connectivity index (χ0n) is 10.8. The summed E-state index contributed by atoms with van der Waals surface area (Å²) in [6.45, 7) is 0.442. The molecule has 2 aromatic rings. The van der Waals surface area contributed by atoms with Gasteiger partial charge in [-0.3, -0.25) is 0 Å². The van der Waals surface area contributed by atoms with E-state index >= 15 is 0 Å². The lowest BCUT2D eigenvalue weighted by atomic mass is 10.3. The van der Waals surface area contributed by atoms with Crippen LogP contribution in [-0.4, -0.2) is 26.3 Å². The van der Waals surface area contributed by atoms with Crippen LogP contribution in [-0.2, 0) is 16.4 Å². The van der Waals surface area contributed by atoms with Gasteiger partial charge < -0.3 is 0 Å². The van der Waals surface area contributed by atoms with Gasteiger partial charge in [0.05, 0.1) is 4.90 Å². The number of nitrogens with one attached hydrogen (secondary N) is 1. The van der Waals surface area contributed by atoms with Crippen molar-refractivity contribution < 1.29 is 13.4 Å². The van der Waals surface area contributed by atoms with Crippen LogP contribution in [0.15, 0.2) is 59.6 Å². The minimum Gasteiger partial charge on any atom is -0.215 e. The normalized spacial score (nSPS) is 11.7. The highest BCUT2D eigenvalue weighted by atomic mass is 32.2. The van der Waals surface area contributed by atoms with Gasteiger partial charge in [0, 0.05) is 32.1 Å². The number of rotatable bonds is 5. The molecule has 19 heavy (non-hydrogen) atoms. The number of nitrogens with zero attached hydrogens (tertiary/aromatic N) is 1. The van der Waals surface area contributed by atoms with Gasteiger partial charge in [-0.15, -0.1) is 0 Å². The summed E-state index contributed by atoms with van der Waals surface area (Å²) in [6.07, 6.45) is 2.49. The molecule has 1 heterocycles. The van der Waals surface area contributed by atoms with E-state index in [9.17, 15) is 8.42 Å². The quantitative estimate of drug-likeness (QED) is 0.828. The van der Waals surface area contributed by atoms with Gasteiger partial charge >= 0.3 is 0 Å². The van der Waals surface area contributed by atoms with Gasteiger partial charge in [0.25, 0.3) is 0 Å². The first-order chi connectivity index (χ1) is 9.10. The second-order valence-electron chi connectivity index (χ2n) is 4.28. The Morgan fingerprint density at radius 2 is 1.74 bits per heavy atom. The van der Waals surface area contributed by atoms with Crippen molar-refractivity contribution in [3.05, 3.63) is 60.4 Å². The van der Waals surface area contributed by atoms with E-state index in [2.05, 4.69) is 4.98 Å². The van der Waals surface area contributed by atoms with Crippen molar-refractivity contribution in [2.24, 2.45) is 0 Å². The van der Waals surface area contributed by atoms with Gasteiger partial charge in [-0.05, 0) is 12.1 Å². The molecule has 1 aromatic heterocycles. The molecule has 0 aliphatic carbocycles. The highest BCUT2D eigenvalue weighted by Gasteiger charge is 2.20. The highest BCUT2D eigenvalue weighted by Crippen LogP contribution is 2.13. The average Bonchev–Trinajstić information content (AvgIpc) is 2.46. The molecule has 1 aromatic carbocycles. The molecule has 0 aliphatic heterocycles. The summed E-state index contributed by atoms with van der Waals surface area (Å²) in [5.74, 6) is 0. The summed E-state index contributed by atoms with van der Waals surface area (Å²) in [5, 5.41) is 0. The van der Waals surface area contributed by atoms with E-state index in [-0.39, 0.29) is 0 Å². The fraction of sp³-hybridized carbons (Fsp3) is 0.214. The van der Waals surface area contributed by atoms with Gasteiger partial charge in [0.2, 0.25) is 10.0 Å². The van der Waals surface area contributed by atoms with Crippen LogP contribution in [0.25, 0.3) is 0 Å². The lowest BCUT2D eigenvalue weighted by Gasteiger charge is -2.16. The molecule has 0 radical (unpaired) electrons. The number of aromatic amines is 1. The molecule has 0 unspecified atom stereocenters. The molecule has 0 saturated carbocycles. The SMILES string of the molecule is CN(CCc1cccc[nH+]1)S(=O)(=O)c1ccccc1. The van der Waals surface area contributed by atoms with Gasteiger partial charge in [-0.2, -0.15) is 0 Å². The molecule has 100 valence electrons. The molecule has 4 nitrogen and oxygen atoms in total. The van der Waals surface area contributed by atoms with Crippen LogP contribution in [0.1, 0.15) is 5.69 Å². The van der Waals surface area contributed by atoms with Crippen LogP contribution >= 0.6 is 0 Å². The Labute approximate surface area is 113 Å². The lowest BCUT2D eigenvalue weighted by molar-refractivity contribution is -0.390. The molecular formula is C14H17N2O2S+. The van der Waals surface area contributed by atoms with Crippen LogP contribution in [0.3, 0.4) is 0 Å². The van der Waals surface area contributed by atoms with E-state index in [4.69, 9.17) is 0 Å². The maximum Gasteiger partial charge on any atom is 0.242 e. The first-order valence-corrected chi connectivity index (χ1v) is 7.52. The third-order valence-electron chi connectivity index (χ3n) is 2.92. The lowest BCUT2D eigenvalue weighted by Crippen LogP contribution is -2.30. The molecule has 1 N–H and O–H groups in total. The standard InChI is InChI=1S/C14H16N2O2S/c1-16(12-10-13-7-5-6-11-15-13)19(17,18)14-8-3-2-4-9-14/h2-9,11H,10,12H2,1H3/p+1. The number of benzene rings is 1. The Hall–Kier alpha value is -1.72. The Morgan fingerprint density at radius 1 is 1.05 bits per heavy atom. The van der Waals surface area contributed by atoms with E-state index in [0.29, 0.717) is 17.9 Å². The number of likely N-dealkylation sites (N-methyl/N-ethyl adjacent to an activating group) is 1. The van der Waals surface area contributed by atoms with Crippen molar-refractivity contribution in [2.75, 3.05) is 13.6 Å². The second kappa shape index (κ2) is 5.95. The number of hydrogen-bond donors (Lipinski definition) is 0. The molecular weight excluding hydrogens is 260 g/mol. The molecule has 0 spiro atoms. The zero-order valence-corrected chi connectivity index (χ0v) is 11.6. The van der Waals surface area contributed by atoms with Gasteiger partial charge in [0.15, 0.2) is 11.9 Å². The van der Waals surface area contributed by atoms with Crippen LogP contribution in [0, 0.1) is 0 Å². The third kappa shape index (κ3) is 3.39. The average molecular weight is 277 g/mol. The molecule has 0 bridgehead atoms. The topological polar surface area (TPSA) is 51.5 Å². The largest absolute Gasteiger partial charge is 0.242 e. The number of aromatic nitrogens is 1. The van der Waals surface area contributed by atoms with Crippen molar-refractivity contribution in [2.45, 2.75) is 11.3 Å². The Kier molecular flexibility index (Phi) is 4.29. The number of sulfonamides is 1. The van der Waals surface area contributed by atoms with E-state index in [1.165, 1.54) is 4.31 Å². The van der Waals surface area contributed by atoms with E-state index < -0.39 is 10.0 Å². The second-order valence-corrected chi connectivity index (χ2v) is 6.32. The van der Waals surface area contributed by atoms with Gasteiger partial charge in [-0.1, -0.05) is 24.3 Å². The summed E-state index contributed by atoms with van der Waals surface area (Å²) in [4.78, 5) is 3.42. The smallest absolute Gasteiger partial charge is 0.215 e. The molecule has 0 atom stereocenters. The summed E-state index contributed by atoms with van der Waals surface area (Å²) < 4.78 is 25.9. The minimum atomic E-state index is -3.39. The first-order valence-electron chi connectivity index (χ1n) is 6.08. The van der Waals surface area contributed by atoms with E-state index in [1.807, 2.05) is 24.4 Å². The van der Waals surface area contributed by atoms with Gasteiger partial charge in [-0.25, -0.2) is 17.7 Å². The van der Waals surface area contributed by atoms with Crippen molar-refractivity contribution in [1.29, 1.82) is 0 Å². The maximum atomic E-state index is 12.3. The fourth-order valence-corrected chi connectivity index (χ4v) is 2.95. The molecule has 0 aliphatic rings. The molecule has 0 saturated heterocycles. The Bertz CT molecular complexity index is 612. The highest BCUT2D eigenvalue weighted by molar-refractivity contribution is 7.89. The first kappa shape index (κ1) is 13.7. The van der Waals surface area contributed by atoms with Crippen LogP contribution in [0.5, 0.6) is 0 Å². The number of H-pyrrole nitrogens is 1. The zero-order chi connectivity index (χ0) is 13.7. The fourth-order valence-electron chi connectivity index (χ4n) is 1.76. The molecule has 2 rings (SSSR count). The molecule has 0 fully saturated rings. The predicted octanol–water partition coefficient (Wildman–Crippen LogP) is 1.36. The summed E-state index contributed by atoms with van der Waals surface area (Å²) >= 11 is 0. The van der Waals surface area contributed by atoms with Crippen LogP contribution in [0.4, 0.5) is 0 Å². The van der Waals surface area contributed by atoms with Crippen LogP contribution < -0.4 is 4.98 Å². The van der Waals surface area contributed by atoms with Crippen molar-refractivity contribution >= 4 is 10.0 Å². The van der Waals surface area contributed by atoms with E-state index in [1.54, 1.807) is 37.4 Å². The number of pyridine rings is 1. The summed E-state index contributed by atoms with van der Waals surface area (Å²) in [5.41, 5.74) is 1.01. The Morgan fingerprint density at radius 3 is 2.37 bits per heavy atom. The third-order valence-corrected chi connectivity index (χ3v) is 4.79. The number of hydrogen-bond acceptors (Lipinski definition) is 2. The van der Waals surface area contributed by atoms with Gasteiger partial charge in [0.1, 0.15) is 0 Å². The summed E-state index contributed by atoms with van der Waals surface area (Å²) in [7, 11) is -1.79.